The van der Waals surface area contributed by atoms with Crippen molar-refractivity contribution in [2.75, 3.05) is 6.54 Å². The van der Waals surface area contributed by atoms with Gasteiger partial charge in [-0.1, -0.05) is 12.8 Å². The third-order valence-electron chi connectivity index (χ3n) is 3.85. The predicted molar refractivity (Wildman–Crippen MR) is 87.3 cm³/mol. The van der Waals surface area contributed by atoms with Gasteiger partial charge < -0.3 is 15.0 Å². The minimum absolute atomic E-state index is 0.0227. The van der Waals surface area contributed by atoms with Crippen molar-refractivity contribution in [2.24, 2.45) is 0 Å². The van der Waals surface area contributed by atoms with E-state index in [9.17, 15) is 9.59 Å². The zero-order valence-corrected chi connectivity index (χ0v) is 14.1. The molecule has 0 aliphatic carbocycles. The molecule has 1 aromatic rings. The number of amides is 1. The molecule has 0 radical (unpaired) electrons. The summed E-state index contributed by atoms with van der Waals surface area (Å²) in [6.45, 7) is 8.86. The number of hydrogen-bond donors (Lipinski definition) is 2. The summed E-state index contributed by atoms with van der Waals surface area (Å²) in [4.78, 5) is 22.6. The summed E-state index contributed by atoms with van der Waals surface area (Å²) < 4.78 is 2.17. The van der Waals surface area contributed by atoms with E-state index in [2.05, 4.69) is 23.7 Å². The second kappa shape index (κ2) is 8.61. The van der Waals surface area contributed by atoms with Crippen LogP contribution in [0.2, 0.25) is 0 Å². The maximum atomic E-state index is 12.2. The van der Waals surface area contributed by atoms with E-state index >= 15 is 0 Å². The molecule has 1 aromatic heterocycles. The van der Waals surface area contributed by atoms with Gasteiger partial charge in [-0.05, 0) is 46.6 Å². The van der Waals surface area contributed by atoms with Crippen LogP contribution in [0.15, 0.2) is 6.07 Å². The lowest BCUT2D eigenvalue weighted by molar-refractivity contribution is -0.137. The summed E-state index contributed by atoms with van der Waals surface area (Å²) in [5, 5.41) is 11.5. The molecular formula is C17H28N2O3. The summed E-state index contributed by atoms with van der Waals surface area (Å²) in [5.74, 6) is -0.764. The smallest absolute Gasteiger partial charge is 0.303 e. The molecule has 5 heteroatoms. The fourth-order valence-electron chi connectivity index (χ4n) is 2.85. The van der Waals surface area contributed by atoms with Crippen LogP contribution in [0, 0.1) is 13.8 Å². The van der Waals surface area contributed by atoms with Gasteiger partial charge in [0, 0.05) is 30.4 Å². The van der Waals surface area contributed by atoms with Crippen molar-refractivity contribution in [3.63, 3.8) is 0 Å². The molecule has 0 aliphatic heterocycles. The highest BCUT2D eigenvalue weighted by atomic mass is 16.4. The topological polar surface area (TPSA) is 71.3 Å². The third kappa shape index (κ3) is 5.20. The quantitative estimate of drug-likeness (QED) is 0.686. The molecule has 0 saturated carbocycles. The highest BCUT2D eigenvalue weighted by Gasteiger charge is 2.16. The Labute approximate surface area is 132 Å². The number of carboxylic acids is 1. The first-order chi connectivity index (χ1) is 10.3. The van der Waals surface area contributed by atoms with E-state index in [1.807, 2.05) is 19.9 Å². The fourth-order valence-corrected chi connectivity index (χ4v) is 2.85. The van der Waals surface area contributed by atoms with Gasteiger partial charge in [-0.15, -0.1) is 0 Å². The first-order valence-corrected chi connectivity index (χ1v) is 8.03. The molecule has 0 atom stereocenters. The maximum absolute atomic E-state index is 12.2. The maximum Gasteiger partial charge on any atom is 0.303 e. The van der Waals surface area contributed by atoms with Gasteiger partial charge in [0.1, 0.15) is 0 Å². The second-order valence-electron chi connectivity index (χ2n) is 6.06. The third-order valence-corrected chi connectivity index (χ3v) is 3.85. The number of carboxylic acid groups (broad SMARTS) is 1. The molecule has 1 heterocycles. The summed E-state index contributed by atoms with van der Waals surface area (Å²) in [5.41, 5.74) is 2.86. The molecule has 0 aromatic carbocycles. The van der Waals surface area contributed by atoms with Gasteiger partial charge in [0.25, 0.3) is 5.91 Å². The molecule has 0 spiro atoms. The molecule has 0 fully saturated rings. The highest BCUT2D eigenvalue weighted by molar-refractivity contribution is 5.95. The molecule has 0 saturated heterocycles. The number of nitrogens with zero attached hydrogens (tertiary/aromatic N) is 1. The monoisotopic (exact) mass is 308 g/mol. The molecule has 5 nitrogen and oxygen atoms in total. The summed E-state index contributed by atoms with van der Waals surface area (Å²) >= 11 is 0. The van der Waals surface area contributed by atoms with Crippen molar-refractivity contribution < 1.29 is 14.7 Å². The van der Waals surface area contributed by atoms with Gasteiger partial charge in [-0.25, -0.2) is 0 Å². The van der Waals surface area contributed by atoms with Crippen LogP contribution in [0.3, 0.4) is 0 Å². The first-order valence-electron chi connectivity index (χ1n) is 8.03. The van der Waals surface area contributed by atoms with E-state index in [1.54, 1.807) is 0 Å². The van der Waals surface area contributed by atoms with Crippen molar-refractivity contribution in [3.8, 4) is 0 Å². The van der Waals surface area contributed by atoms with Crippen LogP contribution in [-0.2, 0) is 4.79 Å². The van der Waals surface area contributed by atoms with Gasteiger partial charge >= 0.3 is 5.97 Å². The number of rotatable bonds is 9. The zero-order valence-electron chi connectivity index (χ0n) is 14.1. The highest BCUT2D eigenvalue weighted by Crippen LogP contribution is 2.19. The number of aliphatic carboxylic acids is 1. The van der Waals surface area contributed by atoms with Crippen molar-refractivity contribution in [1.82, 2.24) is 9.88 Å². The van der Waals surface area contributed by atoms with Crippen LogP contribution in [0.4, 0.5) is 0 Å². The Kier molecular flexibility index (Phi) is 7.15. The fraction of sp³-hybridized carbons (Fsp3) is 0.647. The molecule has 22 heavy (non-hydrogen) atoms. The molecule has 124 valence electrons. The molecule has 1 rings (SSSR count). The Morgan fingerprint density at radius 3 is 2.36 bits per heavy atom. The number of aryl methyl sites for hydroxylation is 1. The first kappa shape index (κ1) is 18.3. The van der Waals surface area contributed by atoms with Crippen LogP contribution in [-0.4, -0.2) is 28.1 Å². The van der Waals surface area contributed by atoms with Crippen LogP contribution >= 0.6 is 0 Å². The van der Waals surface area contributed by atoms with E-state index < -0.39 is 5.97 Å². The van der Waals surface area contributed by atoms with Crippen LogP contribution in [0.1, 0.15) is 73.7 Å². The van der Waals surface area contributed by atoms with Gasteiger partial charge in [0.05, 0.1) is 5.56 Å². The number of hydrogen-bond acceptors (Lipinski definition) is 2. The van der Waals surface area contributed by atoms with Crippen LogP contribution < -0.4 is 5.32 Å². The summed E-state index contributed by atoms with van der Waals surface area (Å²) in [7, 11) is 0. The summed E-state index contributed by atoms with van der Waals surface area (Å²) in [6.07, 6.45) is 3.66. The van der Waals surface area contributed by atoms with E-state index in [0.717, 1.165) is 36.2 Å². The van der Waals surface area contributed by atoms with Gasteiger partial charge in [0.15, 0.2) is 0 Å². The molecule has 1 amide bonds. The SMILES string of the molecule is Cc1cc(C(=O)NCCCCCCC(=O)O)c(C)n1C(C)C. The van der Waals surface area contributed by atoms with E-state index in [-0.39, 0.29) is 12.3 Å². The molecule has 2 N–H and O–H groups in total. The molecule has 0 aliphatic rings. The van der Waals surface area contributed by atoms with Crippen molar-refractivity contribution >= 4 is 11.9 Å². The largest absolute Gasteiger partial charge is 0.481 e. The molecular weight excluding hydrogens is 280 g/mol. The average molecular weight is 308 g/mol. The Morgan fingerprint density at radius 1 is 1.18 bits per heavy atom. The Balaban J connectivity index is 2.37. The van der Waals surface area contributed by atoms with Crippen molar-refractivity contribution in [2.45, 2.75) is 65.8 Å². The average Bonchev–Trinajstić information content (AvgIpc) is 2.72. The number of nitrogens with one attached hydrogen (secondary N) is 1. The van der Waals surface area contributed by atoms with Crippen LogP contribution in [0.5, 0.6) is 0 Å². The van der Waals surface area contributed by atoms with E-state index in [4.69, 9.17) is 5.11 Å². The minimum Gasteiger partial charge on any atom is -0.481 e. The van der Waals surface area contributed by atoms with E-state index in [0.29, 0.717) is 19.0 Å². The Morgan fingerprint density at radius 2 is 1.82 bits per heavy atom. The summed E-state index contributed by atoms with van der Waals surface area (Å²) in [6, 6.07) is 2.29. The predicted octanol–water partition coefficient (Wildman–Crippen LogP) is 3.45. The number of carbonyl (C=O) groups excluding carboxylic acids is 1. The van der Waals surface area contributed by atoms with E-state index in [1.165, 1.54) is 0 Å². The number of aromatic nitrogens is 1. The lowest BCUT2D eigenvalue weighted by Gasteiger charge is -2.13. The Bertz CT molecular complexity index is 518. The Hall–Kier alpha value is -1.78. The lowest BCUT2D eigenvalue weighted by Crippen LogP contribution is -2.25. The van der Waals surface area contributed by atoms with Crippen molar-refractivity contribution in [1.29, 1.82) is 0 Å². The van der Waals surface area contributed by atoms with Gasteiger partial charge in [-0.3, -0.25) is 9.59 Å². The number of carbonyl (C=O) groups is 2. The lowest BCUT2D eigenvalue weighted by atomic mass is 10.1. The normalized spacial score (nSPS) is 11.0. The molecule has 0 unspecified atom stereocenters. The second-order valence-corrected chi connectivity index (χ2v) is 6.06. The minimum atomic E-state index is -0.742. The van der Waals surface area contributed by atoms with Crippen LogP contribution in [0.25, 0.3) is 0 Å². The zero-order chi connectivity index (χ0) is 16.7. The van der Waals surface area contributed by atoms with Crippen molar-refractivity contribution in [3.05, 3.63) is 23.0 Å². The van der Waals surface area contributed by atoms with Gasteiger partial charge in [0.2, 0.25) is 0 Å². The van der Waals surface area contributed by atoms with Gasteiger partial charge in [-0.2, -0.15) is 0 Å². The molecule has 0 bridgehead atoms. The number of unbranched alkanes of at least 4 members (excludes halogenated alkanes) is 3. The standard InChI is InChI=1S/C17H28N2O3/c1-12(2)19-13(3)11-15(14(19)4)17(22)18-10-8-6-5-7-9-16(20)21/h11-12H,5-10H2,1-4H3,(H,18,22)(H,20,21).